The summed E-state index contributed by atoms with van der Waals surface area (Å²) in [4.78, 5) is 96.5. The number of epoxide rings is 1. The second kappa shape index (κ2) is 21.3. The number of nitrogens with two attached hydrogens (primary N) is 1. The Labute approximate surface area is 400 Å². The topological polar surface area (TPSA) is 237 Å². The van der Waals surface area contributed by atoms with E-state index in [-0.39, 0.29) is 66.0 Å². The third-order valence-corrected chi connectivity index (χ3v) is 15.6. The number of ether oxygens (including phenoxy) is 5. The van der Waals surface area contributed by atoms with Gasteiger partial charge in [0.2, 0.25) is 29.5 Å². The number of likely N-dealkylation sites (tertiary alicyclic amines) is 1. The number of thioether (sulfide) groups is 1. The van der Waals surface area contributed by atoms with Crippen molar-refractivity contribution in [3.8, 4) is 5.75 Å². The van der Waals surface area contributed by atoms with Crippen molar-refractivity contribution in [2.45, 2.75) is 133 Å². The zero-order valence-corrected chi connectivity index (χ0v) is 41.0. The number of esters is 1. The van der Waals surface area contributed by atoms with E-state index in [9.17, 15) is 38.7 Å². The standard InChI is InChI=1S/C47H64ClN5O13S/c1-25-10-9-11-35(63-8)47(61)23-33(64-45(60)50-47)26(2)41-46(4,66-41)36(22-38(55)52(6)31-19-29(18-25)20-32(62-7)40(31)48)65-44(59)27(3)51(5)37(54)16-17-67-34-21-39(56)53(43(34)58)24-28-12-14-30(15-13-28)42(49)57/h9-11,19-20,26-28,30,33-36,41,61H,12-18,21-24H2,1-8H3,(H2,49,57)(H,50,60)/b11-9+,25-10+/t26-,27-,28?,30?,33+,34?,35-,36+,41+,46?,47+/m1/s1. The Bertz CT molecular complexity index is 2170. The fourth-order valence-corrected chi connectivity index (χ4v) is 11.0. The molecule has 5 aliphatic rings. The number of rotatable bonds is 12. The lowest BCUT2D eigenvalue weighted by Crippen LogP contribution is -2.63. The van der Waals surface area contributed by atoms with Crippen molar-refractivity contribution in [3.63, 3.8) is 0 Å². The highest BCUT2D eigenvalue weighted by Gasteiger charge is 2.64. The molecule has 1 aromatic carbocycles. The number of nitrogens with one attached hydrogen (secondary N) is 1. The fraction of sp³-hybridized carbons (Fsp3) is 0.638. The minimum absolute atomic E-state index is 0.0246. The molecular weight excluding hydrogens is 910 g/mol. The summed E-state index contributed by atoms with van der Waals surface area (Å²) in [5.41, 5.74) is 4.31. The van der Waals surface area contributed by atoms with Gasteiger partial charge in [0.15, 0.2) is 5.72 Å². The average molecular weight is 975 g/mol. The molecule has 67 heavy (non-hydrogen) atoms. The quantitative estimate of drug-likeness (QED) is 0.152. The van der Waals surface area contributed by atoms with Crippen LogP contribution in [0.25, 0.3) is 0 Å². The van der Waals surface area contributed by atoms with Gasteiger partial charge in [-0.05, 0) is 76.5 Å². The number of primary amides is 1. The number of carbonyl (C=O) groups is 7. The van der Waals surface area contributed by atoms with Gasteiger partial charge in [-0.2, -0.15) is 0 Å². The van der Waals surface area contributed by atoms with Crippen LogP contribution in [0, 0.1) is 17.8 Å². The average Bonchev–Trinajstić information content (AvgIpc) is 3.91. The highest BCUT2D eigenvalue weighted by Crippen LogP contribution is 2.49. The summed E-state index contributed by atoms with van der Waals surface area (Å²) in [5, 5.41) is 13.9. The van der Waals surface area contributed by atoms with Crippen LogP contribution in [-0.4, -0.2) is 144 Å². The second-order valence-corrected chi connectivity index (χ2v) is 20.4. The first kappa shape index (κ1) is 51.7. The Morgan fingerprint density at radius 2 is 1.81 bits per heavy atom. The summed E-state index contributed by atoms with van der Waals surface area (Å²) in [5.74, 6) is -2.71. The highest BCUT2D eigenvalue weighted by molar-refractivity contribution is 8.00. The number of imide groups is 1. The Morgan fingerprint density at radius 3 is 2.46 bits per heavy atom. The van der Waals surface area contributed by atoms with Crippen molar-refractivity contribution in [2.75, 3.05) is 45.5 Å². The smallest absolute Gasteiger partial charge is 0.409 e. The molecule has 368 valence electrons. The molecule has 1 aromatic rings. The number of hydrogen-bond acceptors (Lipinski definition) is 14. The largest absolute Gasteiger partial charge is 0.495 e. The van der Waals surface area contributed by atoms with Gasteiger partial charge >= 0.3 is 12.1 Å². The van der Waals surface area contributed by atoms with E-state index in [1.54, 1.807) is 45.2 Å². The first-order valence-electron chi connectivity index (χ1n) is 22.7. The highest BCUT2D eigenvalue weighted by atomic mass is 35.5. The summed E-state index contributed by atoms with van der Waals surface area (Å²) < 4.78 is 29.4. The number of benzene rings is 1. The predicted molar refractivity (Wildman–Crippen MR) is 248 cm³/mol. The van der Waals surface area contributed by atoms with Crippen LogP contribution in [-0.2, 0) is 54.1 Å². The van der Waals surface area contributed by atoms with Gasteiger partial charge in [0, 0.05) is 64.6 Å². The van der Waals surface area contributed by atoms with E-state index in [2.05, 4.69) is 5.32 Å². The second-order valence-electron chi connectivity index (χ2n) is 18.7. The summed E-state index contributed by atoms with van der Waals surface area (Å²) in [6, 6.07) is 2.42. The number of allylic oxidation sites excluding steroid dienone is 3. The Morgan fingerprint density at radius 1 is 1.10 bits per heavy atom. The zero-order valence-electron chi connectivity index (χ0n) is 39.4. The van der Waals surface area contributed by atoms with Gasteiger partial charge in [0.1, 0.15) is 40.7 Å². The third-order valence-electron chi connectivity index (χ3n) is 14.1. The van der Waals surface area contributed by atoms with Gasteiger partial charge in [-0.15, -0.1) is 11.8 Å². The van der Waals surface area contributed by atoms with Crippen LogP contribution in [0.15, 0.2) is 35.9 Å². The maximum absolute atomic E-state index is 14.3. The molecule has 0 spiro atoms. The normalized spacial score (nSPS) is 33.1. The van der Waals surface area contributed by atoms with Crippen LogP contribution in [0.4, 0.5) is 10.5 Å². The SMILES string of the molecule is COc1cc2cc(c1Cl)N(C)C(=O)C[C@H](OC(=O)[C@@H](C)N(C)C(=O)CCSC1CC(=O)N(CC3CCC(C(N)=O)CC3)C1=O)C1(C)O[C@H]1[C@H](C)[C@@H]1C[C@@](O)(NC(=O)O1)[C@H](OC)/C=C/C=C(\C)C2. The summed E-state index contributed by atoms with van der Waals surface area (Å²) in [7, 11) is 5.89. The molecule has 6 amide bonds. The van der Waals surface area contributed by atoms with Crippen LogP contribution >= 0.6 is 23.4 Å². The van der Waals surface area contributed by atoms with E-state index in [1.807, 2.05) is 13.0 Å². The lowest BCUT2D eigenvalue weighted by molar-refractivity contribution is -0.162. The van der Waals surface area contributed by atoms with E-state index in [4.69, 9.17) is 41.0 Å². The minimum Gasteiger partial charge on any atom is -0.495 e. The number of nitrogens with zero attached hydrogens (tertiary/aromatic N) is 3. The number of likely N-dealkylation sites (N-methyl/N-ethyl adjacent to an activating group) is 1. The van der Waals surface area contributed by atoms with E-state index in [1.165, 1.54) is 54.7 Å². The first-order chi connectivity index (χ1) is 31.6. The van der Waals surface area contributed by atoms with Gasteiger partial charge < -0.3 is 44.3 Å². The van der Waals surface area contributed by atoms with E-state index in [0.717, 1.165) is 11.1 Å². The molecule has 4 fully saturated rings. The molecule has 9 atom stereocenters. The number of carbonyl (C=O) groups excluding carboxylic acids is 7. The maximum atomic E-state index is 14.3. The zero-order chi connectivity index (χ0) is 49.1. The number of aliphatic hydroxyl groups is 1. The number of anilines is 1. The van der Waals surface area contributed by atoms with Gasteiger partial charge in [0.25, 0.3) is 0 Å². The van der Waals surface area contributed by atoms with E-state index < -0.39 is 76.8 Å². The molecule has 0 radical (unpaired) electrons. The molecule has 2 unspecified atom stereocenters. The summed E-state index contributed by atoms with van der Waals surface area (Å²) in [6.45, 7) is 7.16. The Kier molecular flexibility index (Phi) is 16.4. The number of hydrogen-bond donors (Lipinski definition) is 3. The minimum atomic E-state index is -1.87. The van der Waals surface area contributed by atoms with Crippen LogP contribution < -0.4 is 20.7 Å². The lowest BCUT2D eigenvalue weighted by atomic mass is 9.81. The molecule has 4 bridgehead atoms. The van der Waals surface area contributed by atoms with Crippen LogP contribution in [0.5, 0.6) is 5.75 Å². The van der Waals surface area contributed by atoms with Gasteiger partial charge in [-0.3, -0.25) is 34.2 Å². The van der Waals surface area contributed by atoms with E-state index >= 15 is 0 Å². The lowest BCUT2D eigenvalue weighted by Gasteiger charge is -2.42. The van der Waals surface area contributed by atoms with Gasteiger partial charge in [0.05, 0.1) is 30.6 Å². The van der Waals surface area contributed by atoms with Crippen LogP contribution in [0.1, 0.15) is 84.6 Å². The molecule has 4 heterocycles. The summed E-state index contributed by atoms with van der Waals surface area (Å²) in [6.07, 6.45) is 3.11. The molecule has 4 aliphatic heterocycles. The van der Waals surface area contributed by atoms with Crippen molar-refractivity contribution in [3.05, 3.63) is 46.5 Å². The maximum Gasteiger partial charge on any atom is 0.409 e. The molecule has 20 heteroatoms. The van der Waals surface area contributed by atoms with E-state index in [0.29, 0.717) is 50.1 Å². The van der Waals surface area contributed by atoms with Gasteiger partial charge in [-0.25, -0.2) is 9.59 Å². The molecule has 1 aliphatic carbocycles. The Balaban J connectivity index is 1.16. The number of methoxy groups -OCH3 is 2. The molecule has 18 nitrogen and oxygen atoms in total. The molecule has 4 N–H and O–H groups in total. The van der Waals surface area contributed by atoms with Crippen LogP contribution in [0.3, 0.4) is 0 Å². The molecule has 1 saturated carbocycles. The number of fused-ring (bicyclic) bond motifs is 5. The van der Waals surface area contributed by atoms with Crippen LogP contribution in [0.2, 0.25) is 5.02 Å². The molecule has 6 rings (SSSR count). The molecule has 3 saturated heterocycles. The predicted octanol–water partition coefficient (Wildman–Crippen LogP) is 4.06. The monoisotopic (exact) mass is 973 g/mol. The third kappa shape index (κ3) is 11.6. The van der Waals surface area contributed by atoms with Crippen molar-refractivity contribution in [1.82, 2.24) is 15.1 Å². The van der Waals surface area contributed by atoms with Gasteiger partial charge in [-0.1, -0.05) is 42.3 Å². The molecule has 0 aromatic heterocycles. The van der Waals surface area contributed by atoms with Crippen molar-refractivity contribution >= 4 is 70.6 Å². The number of halogens is 1. The van der Waals surface area contributed by atoms with Crippen molar-refractivity contribution in [2.24, 2.45) is 23.5 Å². The Hall–Kier alpha value is -4.69. The molecular formula is C47H64ClN5O13S. The number of amides is 6. The summed E-state index contributed by atoms with van der Waals surface area (Å²) >= 11 is 8.02. The number of alkyl carbamates (subject to hydrolysis) is 1. The van der Waals surface area contributed by atoms with Crippen molar-refractivity contribution < 1.29 is 62.4 Å². The van der Waals surface area contributed by atoms with Crippen molar-refractivity contribution in [1.29, 1.82) is 0 Å². The first-order valence-corrected chi connectivity index (χ1v) is 24.1. The fourth-order valence-electron chi connectivity index (χ4n) is 9.55.